The van der Waals surface area contributed by atoms with E-state index in [9.17, 15) is 0 Å². The lowest BCUT2D eigenvalue weighted by Gasteiger charge is -2.01. The van der Waals surface area contributed by atoms with Crippen molar-refractivity contribution in [2.75, 3.05) is 0 Å². The molecular formula is C76H48N12OS. The van der Waals surface area contributed by atoms with Crippen LogP contribution in [-0.4, -0.2) is 58.4 Å². The largest absolute Gasteiger partial charge is 0.435 e. The second-order valence-electron chi connectivity index (χ2n) is 21.8. The van der Waals surface area contributed by atoms with Gasteiger partial charge in [0.2, 0.25) is 5.89 Å². The van der Waals surface area contributed by atoms with E-state index in [0.29, 0.717) is 5.89 Å². The quantitative estimate of drug-likeness (QED) is 0.169. The summed E-state index contributed by atoms with van der Waals surface area (Å²) in [7, 11) is 0. The van der Waals surface area contributed by atoms with Crippen molar-refractivity contribution in [1.29, 1.82) is 0 Å². The van der Waals surface area contributed by atoms with E-state index < -0.39 is 0 Å². The Kier molecular flexibility index (Phi) is 12.7. The summed E-state index contributed by atoms with van der Waals surface area (Å²) >= 11 is 1.68. The smallest absolute Gasteiger partial charge is 0.248 e. The summed E-state index contributed by atoms with van der Waals surface area (Å²) < 4.78 is 14.9. The highest BCUT2D eigenvalue weighted by atomic mass is 32.1. The Morgan fingerprint density at radius 3 is 1.34 bits per heavy atom. The molecule has 0 fully saturated rings. The molecule has 90 heavy (non-hydrogen) atoms. The summed E-state index contributed by atoms with van der Waals surface area (Å²) in [5, 5.41) is 27.0. The van der Waals surface area contributed by atoms with Gasteiger partial charge in [-0.15, -0.1) is 11.3 Å². The SMILES string of the molecule is c1ccc2c(c1)ccc1cc(-c3nc4ccccc4o3)nn12.c1ccc2c(c1)ccc1cc(-c3nc4ccccc4s3)nn12.c1ccc2ncc(-c3cc4ccc5ccccc5n4n3)cc2c1.c1cnc2cc(-c3cc4ccc5ccccc5n4n3)ccc2c1. The van der Waals surface area contributed by atoms with Gasteiger partial charge in [0.25, 0.3) is 0 Å². The Bertz CT molecular complexity index is 5670. The Hall–Kier alpha value is -12.3. The summed E-state index contributed by atoms with van der Waals surface area (Å²) in [5.41, 5.74) is 19.1. The van der Waals surface area contributed by atoms with Gasteiger partial charge in [0.05, 0.1) is 76.8 Å². The molecule has 0 spiro atoms. The van der Waals surface area contributed by atoms with Crippen LogP contribution in [0.25, 0.3) is 154 Å². The first-order valence-corrected chi connectivity index (χ1v) is 30.3. The van der Waals surface area contributed by atoms with E-state index in [-0.39, 0.29) is 0 Å². The number of nitrogens with zero attached hydrogens (tertiary/aromatic N) is 12. The number of hydrogen-bond acceptors (Lipinski definition) is 10. The van der Waals surface area contributed by atoms with Crippen molar-refractivity contribution in [1.82, 2.24) is 58.4 Å². The minimum Gasteiger partial charge on any atom is -0.435 e. The van der Waals surface area contributed by atoms with Gasteiger partial charge in [-0.2, -0.15) is 20.4 Å². The molecule has 0 N–H and O–H groups in total. The van der Waals surface area contributed by atoms with Gasteiger partial charge in [-0.3, -0.25) is 9.97 Å². The summed E-state index contributed by atoms with van der Waals surface area (Å²) in [6.45, 7) is 0. The lowest BCUT2D eigenvalue weighted by atomic mass is 10.1. The van der Waals surface area contributed by atoms with Gasteiger partial charge >= 0.3 is 0 Å². The van der Waals surface area contributed by atoms with Crippen molar-refractivity contribution in [3.05, 3.63) is 291 Å². The zero-order chi connectivity index (χ0) is 59.5. The van der Waals surface area contributed by atoms with Crippen LogP contribution in [0.5, 0.6) is 0 Å². The highest BCUT2D eigenvalue weighted by molar-refractivity contribution is 7.21. The topological polar surface area (TPSA) is 134 Å². The van der Waals surface area contributed by atoms with Crippen LogP contribution in [0.4, 0.5) is 0 Å². The average molecular weight is 1180 g/mol. The monoisotopic (exact) mass is 1180 g/mol. The maximum absolute atomic E-state index is 5.81. The Morgan fingerprint density at radius 2 is 0.756 bits per heavy atom. The van der Waals surface area contributed by atoms with Crippen molar-refractivity contribution in [3.8, 4) is 44.8 Å². The molecular weight excluding hydrogens is 1130 g/mol. The van der Waals surface area contributed by atoms with Crippen LogP contribution in [-0.2, 0) is 0 Å². The number of benzene rings is 8. The van der Waals surface area contributed by atoms with Crippen LogP contribution < -0.4 is 0 Å². The van der Waals surface area contributed by atoms with Crippen LogP contribution in [0.3, 0.4) is 0 Å². The number of pyridine rings is 6. The fraction of sp³-hybridized carbons (Fsp3) is 0. The minimum atomic E-state index is 0.550. The molecule has 13 nitrogen and oxygen atoms in total. The number of hydrogen-bond donors (Lipinski definition) is 0. The molecule has 0 bridgehead atoms. The molecule has 20 rings (SSSR count). The first kappa shape index (κ1) is 52.1. The van der Waals surface area contributed by atoms with Crippen LogP contribution >= 0.6 is 11.3 Å². The Labute approximate surface area is 516 Å². The molecule has 0 aliphatic heterocycles. The molecule has 0 radical (unpaired) electrons. The van der Waals surface area contributed by atoms with E-state index in [1.807, 2.05) is 152 Å². The van der Waals surface area contributed by atoms with Crippen LogP contribution in [0.2, 0.25) is 0 Å². The molecule has 12 aromatic heterocycles. The zero-order valence-electron chi connectivity index (χ0n) is 47.9. The second kappa shape index (κ2) is 21.9. The molecule has 20 aromatic rings. The van der Waals surface area contributed by atoms with E-state index in [2.05, 4.69) is 178 Å². The second-order valence-corrected chi connectivity index (χ2v) is 22.9. The van der Waals surface area contributed by atoms with Crippen molar-refractivity contribution in [3.63, 3.8) is 0 Å². The third kappa shape index (κ3) is 9.62. The van der Waals surface area contributed by atoms with Gasteiger partial charge < -0.3 is 4.42 Å². The molecule has 0 saturated carbocycles. The Balaban J connectivity index is 0.0000000925. The fourth-order valence-electron chi connectivity index (χ4n) is 11.7. The van der Waals surface area contributed by atoms with Crippen LogP contribution in [0.1, 0.15) is 0 Å². The van der Waals surface area contributed by atoms with Gasteiger partial charge in [-0.1, -0.05) is 158 Å². The van der Waals surface area contributed by atoms with Gasteiger partial charge in [-0.05, 0) is 121 Å². The highest BCUT2D eigenvalue weighted by Gasteiger charge is 2.16. The maximum Gasteiger partial charge on any atom is 0.248 e. The third-order valence-corrected chi connectivity index (χ3v) is 17.2. The van der Waals surface area contributed by atoms with Crippen LogP contribution in [0, 0.1) is 0 Å². The number of para-hydroxylation sites is 8. The van der Waals surface area contributed by atoms with E-state index in [1.165, 1.54) is 20.9 Å². The zero-order valence-corrected chi connectivity index (χ0v) is 48.7. The summed E-state index contributed by atoms with van der Waals surface area (Å²) in [4.78, 5) is 18.2. The summed E-state index contributed by atoms with van der Waals surface area (Å²) in [6.07, 6.45) is 3.72. The lowest BCUT2D eigenvalue weighted by Crippen LogP contribution is -1.90. The van der Waals surface area contributed by atoms with E-state index in [4.69, 9.17) is 24.7 Å². The first-order chi connectivity index (χ1) is 44.5. The van der Waals surface area contributed by atoms with Crippen molar-refractivity contribution in [2.24, 2.45) is 0 Å². The molecule has 14 heteroatoms. The molecule has 12 heterocycles. The number of rotatable bonds is 4. The number of aromatic nitrogens is 12. The van der Waals surface area contributed by atoms with Gasteiger partial charge in [0, 0.05) is 55.8 Å². The molecule has 0 aliphatic carbocycles. The standard InChI is InChI=1S/2C20H13N3.C18H11N3O.C18H11N3S/c1-3-7-18-15(6-1)11-16(13-21-18)19-12-17-10-9-14-5-2-4-8-20(14)23(17)22-19;1-2-6-20-15(4-1)9-10-17-13-19(22-23(17)20)16-8-7-14-5-3-11-21-18(14)12-16;2*1-3-7-16-12(5-1)9-10-13-11-15(20-21(13)16)18-19-14-6-2-4-8-17(14)22-18/h2*1-13H;2*1-11H. The van der Waals surface area contributed by atoms with Crippen LogP contribution in [0.15, 0.2) is 296 Å². The number of thiazole rings is 1. The molecule has 424 valence electrons. The van der Waals surface area contributed by atoms with Crippen molar-refractivity contribution < 1.29 is 4.42 Å². The minimum absolute atomic E-state index is 0.550. The van der Waals surface area contributed by atoms with Gasteiger partial charge in [-0.25, -0.2) is 28.0 Å². The molecule has 0 saturated heterocycles. The molecule has 0 aliphatic rings. The van der Waals surface area contributed by atoms with Crippen molar-refractivity contribution in [2.45, 2.75) is 0 Å². The van der Waals surface area contributed by atoms with E-state index in [0.717, 1.165) is 127 Å². The molecule has 0 atom stereocenters. The summed E-state index contributed by atoms with van der Waals surface area (Å²) in [5.74, 6) is 0.550. The average Bonchev–Trinajstić information content (AvgIpc) is 2.06. The van der Waals surface area contributed by atoms with Crippen molar-refractivity contribution >= 4 is 120 Å². The maximum atomic E-state index is 5.81. The normalized spacial score (nSPS) is 11.6. The summed E-state index contributed by atoms with van der Waals surface area (Å²) in [6, 6.07) is 94.8. The number of oxazole rings is 1. The Morgan fingerprint density at radius 1 is 0.300 bits per heavy atom. The van der Waals surface area contributed by atoms with E-state index in [1.54, 1.807) is 11.3 Å². The third-order valence-electron chi connectivity index (χ3n) is 16.2. The fourth-order valence-corrected chi connectivity index (χ4v) is 12.6. The predicted molar refractivity (Wildman–Crippen MR) is 364 cm³/mol. The van der Waals surface area contributed by atoms with Gasteiger partial charge in [0.15, 0.2) is 5.58 Å². The molecule has 8 aromatic carbocycles. The van der Waals surface area contributed by atoms with Gasteiger partial charge in [0.1, 0.15) is 21.9 Å². The lowest BCUT2D eigenvalue weighted by molar-refractivity contribution is 0.616. The highest BCUT2D eigenvalue weighted by Crippen LogP contribution is 2.33. The predicted octanol–water partition coefficient (Wildman–Crippen LogP) is 18.5. The molecule has 0 amide bonds. The molecule has 0 unspecified atom stereocenters. The van der Waals surface area contributed by atoms with E-state index >= 15 is 0 Å². The first-order valence-electron chi connectivity index (χ1n) is 29.5. The number of fused-ring (bicyclic) bond motifs is 16.